The van der Waals surface area contributed by atoms with Crippen molar-refractivity contribution in [2.24, 2.45) is 0 Å². The zero-order valence-corrected chi connectivity index (χ0v) is 15.9. The number of H-pyrrole nitrogens is 1. The van der Waals surface area contributed by atoms with Crippen molar-refractivity contribution in [2.75, 3.05) is 10.6 Å². The molecule has 5 rings (SSSR count). The molecule has 29 heavy (non-hydrogen) atoms. The van der Waals surface area contributed by atoms with E-state index in [9.17, 15) is 14.0 Å². The molecule has 1 aliphatic carbocycles. The van der Waals surface area contributed by atoms with Gasteiger partial charge >= 0.3 is 0 Å². The lowest BCUT2D eigenvalue weighted by atomic mass is 10.0. The van der Waals surface area contributed by atoms with Gasteiger partial charge in [-0.3, -0.25) is 9.59 Å². The van der Waals surface area contributed by atoms with Crippen LogP contribution in [0, 0.1) is 5.82 Å². The number of hydrogen-bond acceptors (Lipinski definition) is 4. The van der Waals surface area contributed by atoms with Crippen LogP contribution in [0.1, 0.15) is 30.0 Å². The summed E-state index contributed by atoms with van der Waals surface area (Å²) in [6, 6.07) is 7.77. The van der Waals surface area contributed by atoms with Gasteiger partial charge in [-0.05, 0) is 42.7 Å². The number of nitrogens with one attached hydrogen (secondary N) is 3. The molecule has 1 aliphatic heterocycles. The summed E-state index contributed by atoms with van der Waals surface area (Å²) in [6.45, 7) is 0. The molecule has 2 aliphatic rings. The van der Waals surface area contributed by atoms with Gasteiger partial charge in [0, 0.05) is 34.6 Å². The third-order valence-electron chi connectivity index (χ3n) is 5.21. The monoisotopic (exact) mass is 410 g/mol. The molecule has 3 heterocycles. The molecule has 2 aromatic heterocycles. The van der Waals surface area contributed by atoms with Crippen molar-refractivity contribution in [3.05, 3.63) is 69.0 Å². The Balaban J connectivity index is 1.61. The Morgan fingerprint density at radius 2 is 1.97 bits per heavy atom. The second-order valence-electron chi connectivity index (χ2n) is 7.28. The minimum Gasteiger partial charge on any atom is -0.354 e. The Kier molecular flexibility index (Phi) is 4.13. The lowest BCUT2D eigenvalue weighted by Gasteiger charge is -2.15. The number of aromatic amines is 1. The van der Waals surface area contributed by atoms with Crippen LogP contribution in [0.3, 0.4) is 0 Å². The summed E-state index contributed by atoms with van der Waals surface area (Å²) < 4.78 is 13.5. The van der Waals surface area contributed by atoms with Crippen LogP contribution < -0.4 is 16.2 Å². The molecule has 6 nitrogen and oxygen atoms in total. The zero-order chi connectivity index (χ0) is 20.1. The number of halogens is 2. The van der Waals surface area contributed by atoms with Crippen molar-refractivity contribution >= 4 is 34.7 Å². The standard InChI is InChI=1S/C21H16ClFN4O2/c22-14-7-11(3-4-15(14)23)12-8-17(19(10-1-2-10)27-21(12)29)25-16-5-6-24-20-13(16)9-18(28)26-20/h3-8,10H,1-2,9H2,(H,27,29)(H2,24,25,26,28). The topological polar surface area (TPSA) is 86.9 Å². The molecule has 0 atom stereocenters. The smallest absolute Gasteiger partial charge is 0.256 e. The van der Waals surface area contributed by atoms with Gasteiger partial charge in [0.1, 0.15) is 11.6 Å². The molecular formula is C21H16ClFN4O2. The van der Waals surface area contributed by atoms with Gasteiger partial charge in [-0.1, -0.05) is 17.7 Å². The first kappa shape index (κ1) is 17.9. The zero-order valence-electron chi connectivity index (χ0n) is 15.2. The Morgan fingerprint density at radius 3 is 2.72 bits per heavy atom. The number of aromatic nitrogens is 2. The SMILES string of the molecule is O=C1Cc2c(Nc3cc(-c4ccc(F)c(Cl)c4)c(=O)[nH]c3C3CC3)ccnc2N1. The highest BCUT2D eigenvalue weighted by Gasteiger charge is 2.29. The number of carbonyl (C=O) groups is 1. The largest absolute Gasteiger partial charge is 0.354 e. The van der Waals surface area contributed by atoms with Gasteiger partial charge in [-0.2, -0.15) is 0 Å². The fourth-order valence-corrected chi connectivity index (χ4v) is 3.78. The first-order valence-corrected chi connectivity index (χ1v) is 9.65. The van der Waals surface area contributed by atoms with Gasteiger partial charge in [-0.25, -0.2) is 9.37 Å². The number of rotatable bonds is 4. The van der Waals surface area contributed by atoms with Crippen LogP contribution in [-0.2, 0) is 11.2 Å². The minimum atomic E-state index is -0.538. The van der Waals surface area contributed by atoms with Gasteiger partial charge in [0.05, 0.1) is 17.1 Å². The van der Waals surface area contributed by atoms with Crippen molar-refractivity contribution in [2.45, 2.75) is 25.2 Å². The summed E-state index contributed by atoms with van der Waals surface area (Å²) >= 11 is 5.91. The maximum absolute atomic E-state index is 13.5. The van der Waals surface area contributed by atoms with Crippen molar-refractivity contribution in [3.63, 3.8) is 0 Å². The third-order valence-corrected chi connectivity index (χ3v) is 5.50. The maximum Gasteiger partial charge on any atom is 0.256 e. The van der Waals surface area contributed by atoms with E-state index < -0.39 is 5.82 Å². The van der Waals surface area contributed by atoms with E-state index in [1.54, 1.807) is 18.3 Å². The molecule has 3 N–H and O–H groups in total. The van der Waals surface area contributed by atoms with Crippen LogP contribution in [-0.4, -0.2) is 15.9 Å². The molecule has 0 saturated heterocycles. The second kappa shape index (κ2) is 6.70. The first-order valence-electron chi connectivity index (χ1n) is 9.27. The number of benzene rings is 1. The van der Waals surface area contributed by atoms with E-state index in [0.717, 1.165) is 35.5 Å². The maximum atomic E-state index is 13.5. The Labute approximate surface area is 170 Å². The molecule has 0 radical (unpaired) electrons. The van der Waals surface area contributed by atoms with Gasteiger partial charge in [-0.15, -0.1) is 0 Å². The van der Waals surface area contributed by atoms with Crippen molar-refractivity contribution in [1.82, 2.24) is 9.97 Å². The number of fused-ring (bicyclic) bond motifs is 1. The number of hydrogen-bond donors (Lipinski definition) is 3. The Morgan fingerprint density at radius 1 is 1.14 bits per heavy atom. The number of pyridine rings is 2. The average molecular weight is 411 g/mol. The minimum absolute atomic E-state index is 0.0424. The molecule has 0 unspecified atom stereocenters. The molecule has 0 bridgehead atoms. The predicted molar refractivity (Wildman–Crippen MR) is 109 cm³/mol. The molecule has 3 aromatic rings. The van der Waals surface area contributed by atoms with E-state index in [2.05, 4.69) is 20.6 Å². The first-order chi connectivity index (χ1) is 14.0. The summed E-state index contributed by atoms with van der Waals surface area (Å²) in [5.74, 6) is 0.185. The summed E-state index contributed by atoms with van der Waals surface area (Å²) in [4.78, 5) is 31.7. The normalized spacial score (nSPS) is 15.2. The molecule has 1 aromatic carbocycles. The molecular weight excluding hydrogens is 395 g/mol. The van der Waals surface area contributed by atoms with Crippen LogP contribution in [0.25, 0.3) is 11.1 Å². The third kappa shape index (κ3) is 3.27. The van der Waals surface area contributed by atoms with E-state index in [1.165, 1.54) is 18.2 Å². The summed E-state index contributed by atoms with van der Waals surface area (Å²) in [5.41, 5.74) is 3.78. The molecule has 1 fully saturated rings. The van der Waals surface area contributed by atoms with E-state index in [-0.39, 0.29) is 28.8 Å². The number of carbonyl (C=O) groups excluding carboxylic acids is 1. The molecule has 0 spiro atoms. The van der Waals surface area contributed by atoms with Crippen LogP contribution in [0.5, 0.6) is 0 Å². The predicted octanol–water partition coefficient (Wildman–Crippen LogP) is 4.35. The molecule has 146 valence electrons. The number of nitrogens with zero attached hydrogens (tertiary/aromatic N) is 1. The Hall–Kier alpha value is -3.19. The summed E-state index contributed by atoms with van der Waals surface area (Å²) in [5, 5.41) is 6.06. The highest BCUT2D eigenvalue weighted by molar-refractivity contribution is 6.31. The Bertz CT molecular complexity index is 1220. The quantitative estimate of drug-likeness (QED) is 0.597. The van der Waals surface area contributed by atoms with E-state index in [0.29, 0.717) is 16.9 Å². The molecule has 1 amide bonds. The van der Waals surface area contributed by atoms with Crippen molar-refractivity contribution in [1.29, 1.82) is 0 Å². The van der Waals surface area contributed by atoms with E-state index in [1.807, 2.05) is 0 Å². The fraction of sp³-hybridized carbons (Fsp3) is 0.190. The summed E-state index contributed by atoms with van der Waals surface area (Å²) in [7, 11) is 0. The average Bonchev–Trinajstić information content (AvgIpc) is 3.46. The lowest BCUT2D eigenvalue weighted by molar-refractivity contribution is -0.115. The highest BCUT2D eigenvalue weighted by Crippen LogP contribution is 2.43. The van der Waals surface area contributed by atoms with Gasteiger partial charge in [0.15, 0.2) is 0 Å². The molecule has 8 heteroatoms. The second-order valence-corrected chi connectivity index (χ2v) is 7.69. The van der Waals surface area contributed by atoms with Crippen LogP contribution in [0.4, 0.5) is 21.6 Å². The van der Waals surface area contributed by atoms with E-state index >= 15 is 0 Å². The lowest BCUT2D eigenvalue weighted by Crippen LogP contribution is -2.14. The van der Waals surface area contributed by atoms with Gasteiger partial charge < -0.3 is 15.6 Å². The number of amides is 1. The van der Waals surface area contributed by atoms with E-state index in [4.69, 9.17) is 11.6 Å². The van der Waals surface area contributed by atoms with Crippen molar-refractivity contribution in [3.8, 4) is 11.1 Å². The molecule has 1 saturated carbocycles. The fourth-order valence-electron chi connectivity index (χ4n) is 3.60. The van der Waals surface area contributed by atoms with Crippen molar-refractivity contribution < 1.29 is 9.18 Å². The number of anilines is 3. The van der Waals surface area contributed by atoms with Gasteiger partial charge in [0.2, 0.25) is 5.91 Å². The van der Waals surface area contributed by atoms with Crippen LogP contribution in [0.15, 0.2) is 41.3 Å². The van der Waals surface area contributed by atoms with Gasteiger partial charge in [0.25, 0.3) is 5.56 Å². The van der Waals surface area contributed by atoms with Crippen LogP contribution >= 0.6 is 11.6 Å². The van der Waals surface area contributed by atoms with Crippen LogP contribution in [0.2, 0.25) is 5.02 Å². The summed E-state index contributed by atoms with van der Waals surface area (Å²) in [6.07, 6.45) is 3.87. The highest BCUT2D eigenvalue weighted by atomic mass is 35.5.